The second kappa shape index (κ2) is 10.7. The van der Waals surface area contributed by atoms with Crippen molar-refractivity contribution in [3.05, 3.63) is 29.8 Å². The molecule has 0 aliphatic heterocycles. The van der Waals surface area contributed by atoms with E-state index in [1.165, 1.54) is 19.3 Å². The fourth-order valence-electron chi connectivity index (χ4n) is 2.03. The van der Waals surface area contributed by atoms with Crippen LogP contribution in [0.4, 0.5) is 0 Å². The van der Waals surface area contributed by atoms with Crippen molar-refractivity contribution in [1.29, 1.82) is 5.26 Å². The first-order valence-electron chi connectivity index (χ1n) is 7.62. The number of hydrogen-bond acceptors (Lipinski definition) is 3. The van der Waals surface area contributed by atoms with Crippen LogP contribution in [-0.4, -0.2) is 19.1 Å². The number of carbonyl (C=O) groups excluding carboxylic acids is 1. The fraction of sp³-hybridized carbons (Fsp3) is 0.529. The van der Waals surface area contributed by atoms with E-state index in [0.29, 0.717) is 13.0 Å². The van der Waals surface area contributed by atoms with Crippen LogP contribution in [0.15, 0.2) is 24.3 Å². The number of carbonyl (C=O) groups is 1. The van der Waals surface area contributed by atoms with E-state index >= 15 is 0 Å². The van der Waals surface area contributed by atoms with Crippen LogP contribution in [0.2, 0.25) is 0 Å². The van der Waals surface area contributed by atoms with Gasteiger partial charge >= 0.3 is 0 Å². The van der Waals surface area contributed by atoms with Crippen LogP contribution < -0.4 is 10.1 Å². The van der Waals surface area contributed by atoms with Gasteiger partial charge in [0, 0.05) is 6.54 Å². The number of rotatable bonds is 10. The zero-order valence-corrected chi connectivity index (χ0v) is 12.7. The average molecular weight is 288 g/mol. The zero-order valence-electron chi connectivity index (χ0n) is 12.7. The minimum absolute atomic E-state index is 0.0877. The van der Waals surface area contributed by atoms with Crippen molar-refractivity contribution in [2.45, 2.75) is 45.4 Å². The lowest BCUT2D eigenvalue weighted by molar-refractivity contribution is -0.120. The topological polar surface area (TPSA) is 62.1 Å². The molecule has 0 radical (unpaired) electrons. The molecule has 4 heteroatoms. The lowest BCUT2D eigenvalue weighted by Gasteiger charge is -2.11. The van der Waals surface area contributed by atoms with Crippen molar-refractivity contribution >= 4 is 5.91 Å². The summed E-state index contributed by atoms with van der Waals surface area (Å²) in [4.78, 5) is 11.2. The molecule has 0 unspecified atom stereocenters. The summed E-state index contributed by atoms with van der Waals surface area (Å²) in [5, 5.41) is 11.2. The maximum absolute atomic E-state index is 11.2. The SMILES string of the molecule is CCCCCCOc1ccccc1CCNC(=O)CC#N. The quantitative estimate of drug-likeness (QED) is 0.672. The molecule has 0 heterocycles. The standard InChI is InChI=1S/C17H24N2O2/c1-2-3-4-7-14-21-16-9-6-5-8-15(16)11-13-19-17(20)10-12-18/h5-6,8-9H,2-4,7,10-11,13-14H2,1H3,(H,19,20). The molecular formula is C17H24N2O2. The number of nitrogens with zero attached hydrogens (tertiary/aromatic N) is 1. The minimum Gasteiger partial charge on any atom is -0.493 e. The zero-order chi connectivity index (χ0) is 15.3. The van der Waals surface area contributed by atoms with Crippen LogP contribution in [0.25, 0.3) is 0 Å². The van der Waals surface area contributed by atoms with E-state index in [4.69, 9.17) is 10.00 Å². The summed E-state index contributed by atoms with van der Waals surface area (Å²) in [6.07, 6.45) is 5.36. The van der Waals surface area contributed by atoms with Gasteiger partial charge in [-0.05, 0) is 24.5 Å². The molecule has 0 bridgehead atoms. The third-order valence-electron chi connectivity index (χ3n) is 3.18. The van der Waals surface area contributed by atoms with E-state index in [-0.39, 0.29) is 12.3 Å². The highest BCUT2D eigenvalue weighted by Gasteiger charge is 2.04. The number of unbranched alkanes of at least 4 members (excludes halogenated alkanes) is 3. The van der Waals surface area contributed by atoms with E-state index in [0.717, 1.165) is 24.3 Å². The second-order valence-electron chi connectivity index (χ2n) is 4.95. The first kappa shape index (κ1) is 17.0. The molecule has 0 aromatic heterocycles. The highest BCUT2D eigenvalue weighted by molar-refractivity contribution is 5.77. The summed E-state index contributed by atoms with van der Waals surface area (Å²) in [5.74, 6) is 0.666. The third kappa shape index (κ3) is 7.36. The predicted octanol–water partition coefficient (Wildman–Crippen LogP) is 3.22. The van der Waals surface area contributed by atoms with Crippen molar-refractivity contribution in [3.63, 3.8) is 0 Å². The summed E-state index contributed by atoms with van der Waals surface area (Å²) in [6.45, 7) is 3.45. The summed E-state index contributed by atoms with van der Waals surface area (Å²) in [7, 11) is 0. The first-order chi connectivity index (χ1) is 10.3. The van der Waals surface area contributed by atoms with Crippen molar-refractivity contribution in [2.24, 2.45) is 0 Å². The van der Waals surface area contributed by atoms with Crippen molar-refractivity contribution in [3.8, 4) is 11.8 Å². The Kier molecular flexibility index (Phi) is 8.70. The Morgan fingerprint density at radius 2 is 2.10 bits per heavy atom. The van der Waals surface area contributed by atoms with Crippen LogP contribution >= 0.6 is 0 Å². The number of benzene rings is 1. The highest BCUT2D eigenvalue weighted by atomic mass is 16.5. The van der Waals surface area contributed by atoms with Crippen molar-refractivity contribution < 1.29 is 9.53 Å². The molecule has 1 N–H and O–H groups in total. The number of hydrogen-bond donors (Lipinski definition) is 1. The molecule has 0 spiro atoms. The first-order valence-corrected chi connectivity index (χ1v) is 7.62. The Balaban J connectivity index is 2.36. The molecule has 4 nitrogen and oxygen atoms in total. The number of para-hydroxylation sites is 1. The molecule has 1 rings (SSSR count). The summed E-state index contributed by atoms with van der Waals surface area (Å²) >= 11 is 0. The maximum Gasteiger partial charge on any atom is 0.234 e. The number of nitrogens with one attached hydrogen (secondary N) is 1. The maximum atomic E-state index is 11.2. The van der Waals surface area contributed by atoms with Gasteiger partial charge in [0.05, 0.1) is 12.7 Å². The van der Waals surface area contributed by atoms with Gasteiger partial charge in [-0.25, -0.2) is 0 Å². The molecule has 1 aromatic carbocycles. The van der Waals surface area contributed by atoms with Gasteiger partial charge in [-0.15, -0.1) is 0 Å². The van der Waals surface area contributed by atoms with E-state index < -0.39 is 0 Å². The van der Waals surface area contributed by atoms with Gasteiger partial charge in [0.25, 0.3) is 0 Å². The average Bonchev–Trinajstić information content (AvgIpc) is 2.49. The van der Waals surface area contributed by atoms with E-state index in [9.17, 15) is 4.79 Å². The van der Waals surface area contributed by atoms with Gasteiger partial charge in [0.2, 0.25) is 5.91 Å². The molecule has 0 atom stereocenters. The normalized spacial score (nSPS) is 9.90. The summed E-state index contributed by atoms with van der Waals surface area (Å²) in [5.41, 5.74) is 1.09. The Morgan fingerprint density at radius 1 is 1.29 bits per heavy atom. The number of amides is 1. The molecule has 0 aliphatic carbocycles. The molecule has 0 fully saturated rings. The van der Waals surface area contributed by atoms with Gasteiger partial charge in [-0.3, -0.25) is 4.79 Å². The lowest BCUT2D eigenvalue weighted by Crippen LogP contribution is -2.25. The van der Waals surface area contributed by atoms with E-state index in [2.05, 4.69) is 12.2 Å². The van der Waals surface area contributed by atoms with Gasteiger partial charge in [-0.1, -0.05) is 44.4 Å². The smallest absolute Gasteiger partial charge is 0.234 e. The molecule has 1 aromatic rings. The van der Waals surface area contributed by atoms with Crippen molar-refractivity contribution in [1.82, 2.24) is 5.32 Å². The second-order valence-corrected chi connectivity index (χ2v) is 4.95. The largest absolute Gasteiger partial charge is 0.493 e. The molecule has 21 heavy (non-hydrogen) atoms. The Labute approximate surface area is 127 Å². The Bertz CT molecular complexity index is 466. The minimum atomic E-state index is -0.226. The van der Waals surface area contributed by atoms with E-state index in [1.807, 2.05) is 30.3 Å². The summed E-state index contributed by atoms with van der Waals surface area (Å²) in [6, 6.07) is 9.74. The highest BCUT2D eigenvalue weighted by Crippen LogP contribution is 2.18. The van der Waals surface area contributed by atoms with Crippen LogP contribution in [0, 0.1) is 11.3 Å². The third-order valence-corrected chi connectivity index (χ3v) is 3.18. The predicted molar refractivity (Wildman–Crippen MR) is 83.0 cm³/mol. The molecule has 0 saturated heterocycles. The van der Waals surface area contributed by atoms with Crippen LogP contribution in [0.1, 0.15) is 44.6 Å². The Hall–Kier alpha value is -2.02. The van der Waals surface area contributed by atoms with Gasteiger partial charge in [0.1, 0.15) is 12.2 Å². The number of ether oxygens (including phenoxy) is 1. The molecule has 0 saturated carbocycles. The lowest BCUT2D eigenvalue weighted by atomic mass is 10.1. The Morgan fingerprint density at radius 3 is 2.86 bits per heavy atom. The van der Waals surface area contributed by atoms with Crippen LogP contribution in [-0.2, 0) is 11.2 Å². The number of nitriles is 1. The molecular weight excluding hydrogens is 264 g/mol. The molecule has 0 aliphatic rings. The molecule has 1 amide bonds. The van der Waals surface area contributed by atoms with Gasteiger partial charge in [-0.2, -0.15) is 5.26 Å². The monoisotopic (exact) mass is 288 g/mol. The van der Waals surface area contributed by atoms with Gasteiger partial charge < -0.3 is 10.1 Å². The van der Waals surface area contributed by atoms with Gasteiger partial charge in [0.15, 0.2) is 0 Å². The fourth-order valence-corrected chi connectivity index (χ4v) is 2.03. The van der Waals surface area contributed by atoms with E-state index in [1.54, 1.807) is 0 Å². The van der Waals surface area contributed by atoms with Crippen molar-refractivity contribution in [2.75, 3.05) is 13.2 Å². The van der Waals surface area contributed by atoms with Crippen LogP contribution in [0.3, 0.4) is 0 Å². The van der Waals surface area contributed by atoms with Crippen LogP contribution in [0.5, 0.6) is 5.75 Å². The summed E-state index contributed by atoms with van der Waals surface area (Å²) < 4.78 is 5.82. The molecule has 114 valence electrons.